The first-order valence-electron chi connectivity index (χ1n) is 7.67. The summed E-state index contributed by atoms with van der Waals surface area (Å²) in [6, 6.07) is 5.16. The van der Waals surface area contributed by atoms with Crippen LogP contribution >= 0.6 is 0 Å². The third-order valence-electron chi connectivity index (χ3n) is 4.01. The normalized spacial score (nSPS) is 19.9. The highest BCUT2D eigenvalue weighted by atomic mass is 19.4. The first-order chi connectivity index (χ1) is 10.9. The molecule has 0 amide bonds. The minimum absolute atomic E-state index is 0.433. The Bertz CT molecular complexity index is 525. The molecule has 1 aliphatic heterocycles. The van der Waals surface area contributed by atoms with Gasteiger partial charge in [0.05, 0.1) is 5.56 Å². The number of nitrogens with zero attached hydrogens (tertiary/aromatic N) is 2. The van der Waals surface area contributed by atoms with E-state index in [1.54, 1.807) is 7.05 Å². The second-order valence-electron chi connectivity index (χ2n) is 5.92. The van der Waals surface area contributed by atoms with Crippen LogP contribution in [0.2, 0.25) is 0 Å². The fourth-order valence-corrected chi connectivity index (χ4v) is 2.65. The zero-order valence-corrected chi connectivity index (χ0v) is 13.5. The van der Waals surface area contributed by atoms with Crippen molar-refractivity contribution in [2.75, 3.05) is 33.7 Å². The number of benzene rings is 1. The second kappa shape index (κ2) is 7.68. The fourth-order valence-electron chi connectivity index (χ4n) is 2.65. The molecule has 23 heavy (non-hydrogen) atoms. The smallest absolute Gasteiger partial charge is 0.356 e. The average molecular weight is 328 g/mol. The summed E-state index contributed by atoms with van der Waals surface area (Å²) in [5.74, 6) is 1.27. The molecule has 0 bridgehead atoms. The number of hydrogen-bond acceptors (Lipinski definition) is 2. The van der Waals surface area contributed by atoms with E-state index in [1.807, 2.05) is 0 Å². The second-order valence-corrected chi connectivity index (χ2v) is 5.92. The maximum Gasteiger partial charge on any atom is 0.416 e. The number of rotatable bonds is 4. The summed E-state index contributed by atoms with van der Waals surface area (Å²) >= 11 is 0. The Morgan fingerprint density at radius 3 is 2.48 bits per heavy atom. The molecule has 0 radical (unpaired) electrons. The lowest BCUT2D eigenvalue weighted by molar-refractivity contribution is -0.137. The predicted molar refractivity (Wildman–Crippen MR) is 85.2 cm³/mol. The van der Waals surface area contributed by atoms with E-state index in [0.717, 1.165) is 37.3 Å². The van der Waals surface area contributed by atoms with E-state index in [-0.39, 0.29) is 0 Å². The molecule has 1 aromatic rings. The van der Waals surface area contributed by atoms with Crippen LogP contribution in [0.25, 0.3) is 0 Å². The third-order valence-corrected chi connectivity index (χ3v) is 4.01. The summed E-state index contributed by atoms with van der Waals surface area (Å²) in [7, 11) is 3.79. The van der Waals surface area contributed by atoms with Gasteiger partial charge in [-0.1, -0.05) is 12.1 Å². The van der Waals surface area contributed by atoms with Gasteiger partial charge in [-0.2, -0.15) is 13.2 Å². The highest BCUT2D eigenvalue weighted by Gasteiger charge is 2.29. The monoisotopic (exact) mass is 328 g/mol. The van der Waals surface area contributed by atoms with Crippen molar-refractivity contribution in [1.82, 2.24) is 15.5 Å². The molecule has 1 heterocycles. The quantitative estimate of drug-likeness (QED) is 0.658. The van der Waals surface area contributed by atoms with Crippen molar-refractivity contribution in [2.45, 2.75) is 19.1 Å². The first kappa shape index (κ1) is 17.6. The van der Waals surface area contributed by atoms with Gasteiger partial charge >= 0.3 is 6.18 Å². The number of aliphatic imine (C=N–C) groups is 1. The topological polar surface area (TPSA) is 39.7 Å². The van der Waals surface area contributed by atoms with Gasteiger partial charge in [0, 0.05) is 26.7 Å². The van der Waals surface area contributed by atoms with Crippen LogP contribution in [0.15, 0.2) is 29.3 Å². The molecule has 0 saturated carbocycles. The summed E-state index contributed by atoms with van der Waals surface area (Å²) in [5, 5.41) is 6.39. The molecule has 0 aromatic heterocycles. The molecule has 7 heteroatoms. The summed E-state index contributed by atoms with van der Waals surface area (Å²) in [5.41, 5.74) is 0.149. The molecule has 1 aliphatic rings. The number of nitrogens with one attached hydrogen (secondary N) is 2. The number of hydrogen-bond donors (Lipinski definition) is 2. The van der Waals surface area contributed by atoms with Gasteiger partial charge in [-0.25, -0.2) is 0 Å². The molecule has 1 unspecified atom stereocenters. The Balaban J connectivity index is 1.79. The summed E-state index contributed by atoms with van der Waals surface area (Å²) in [4.78, 5) is 6.44. The zero-order chi connectivity index (χ0) is 16.9. The van der Waals surface area contributed by atoms with Gasteiger partial charge in [0.15, 0.2) is 5.96 Å². The van der Waals surface area contributed by atoms with E-state index in [9.17, 15) is 13.2 Å². The summed E-state index contributed by atoms with van der Waals surface area (Å²) in [6.45, 7) is 3.46. The molecule has 1 aromatic carbocycles. The number of guanidine groups is 1. The van der Waals surface area contributed by atoms with Crippen molar-refractivity contribution >= 4 is 5.96 Å². The maximum absolute atomic E-state index is 12.5. The lowest BCUT2D eigenvalue weighted by Gasteiger charge is -2.15. The molecule has 0 spiro atoms. The van der Waals surface area contributed by atoms with Crippen LogP contribution in [-0.4, -0.2) is 44.6 Å². The van der Waals surface area contributed by atoms with E-state index < -0.39 is 11.7 Å². The van der Waals surface area contributed by atoms with Crippen LogP contribution in [0.1, 0.15) is 17.5 Å². The highest BCUT2D eigenvalue weighted by Crippen LogP contribution is 2.29. The molecule has 1 fully saturated rings. The van der Waals surface area contributed by atoms with Crippen molar-refractivity contribution in [2.24, 2.45) is 10.9 Å². The Morgan fingerprint density at radius 1 is 1.26 bits per heavy atom. The maximum atomic E-state index is 12.5. The largest absolute Gasteiger partial charge is 0.416 e. The van der Waals surface area contributed by atoms with Crippen molar-refractivity contribution in [3.63, 3.8) is 0 Å². The lowest BCUT2D eigenvalue weighted by Crippen LogP contribution is -2.39. The zero-order valence-electron chi connectivity index (χ0n) is 13.5. The molecule has 1 atom stereocenters. The molecule has 1 saturated heterocycles. The van der Waals surface area contributed by atoms with Gasteiger partial charge in [-0.3, -0.25) is 4.99 Å². The van der Waals surface area contributed by atoms with Crippen molar-refractivity contribution in [3.8, 4) is 0 Å². The van der Waals surface area contributed by atoms with Crippen molar-refractivity contribution in [1.29, 1.82) is 0 Å². The van der Waals surface area contributed by atoms with E-state index in [0.29, 0.717) is 18.4 Å². The third kappa shape index (κ3) is 5.42. The number of alkyl halides is 3. The van der Waals surface area contributed by atoms with Gasteiger partial charge in [-0.05, 0) is 43.6 Å². The van der Waals surface area contributed by atoms with Crippen molar-refractivity contribution < 1.29 is 13.2 Å². The first-order valence-corrected chi connectivity index (χ1v) is 7.67. The Kier molecular flexibility index (Phi) is 5.87. The van der Waals surface area contributed by atoms with Crippen LogP contribution in [0, 0.1) is 5.92 Å². The average Bonchev–Trinajstić information content (AvgIpc) is 2.92. The standard InChI is InChI=1S/C16H23F3N4/c1-20-15(22-10-13-7-8-23(2)11-13)21-9-12-3-5-14(6-4-12)16(17,18)19/h3-6,13H,7-11H2,1-2H3,(H2,20,21,22). The molecule has 4 nitrogen and oxygen atoms in total. The molecule has 128 valence electrons. The van der Waals surface area contributed by atoms with Gasteiger partial charge < -0.3 is 15.5 Å². The van der Waals surface area contributed by atoms with Crippen LogP contribution in [0.3, 0.4) is 0 Å². The highest BCUT2D eigenvalue weighted by molar-refractivity contribution is 5.79. The van der Waals surface area contributed by atoms with Crippen LogP contribution in [-0.2, 0) is 12.7 Å². The van der Waals surface area contributed by atoms with Gasteiger partial charge in [0.1, 0.15) is 0 Å². The SMILES string of the molecule is CN=C(NCc1ccc(C(F)(F)F)cc1)NCC1CCN(C)C1. The summed E-state index contributed by atoms with van der Waals surface area (Å²) in [6.07, 6.45) is -3.13. The van der Waals surface area contributed by atoms with E-state index in [2.05, 4.69) is 27.6 Å². The Labute approximate surface area is 134 Å². The van der Waals surface area contributed by atoms with Crippen LogP contribution in [0.5, 0.6) is 0 Å². The number of halogens is 3. The molecular formula is C16H23F3N4. The van der Waals surface area contributed by atoms with Crippen molar-refractivity contribution in [3.05, 3.63) is 35.4 Å². The number of likely N-dealkylation sites (tertiary alicyclic amines) is 1. The van der Waals surface area contributed by atoms with E-state index >= 15 is 0 Å². The summed E-state index contributed by atoms with van der Waals surface area (Å²) < 4.78 is 37.5. The molecule has 0 aliphatic carbocycles. The Morgan fingerprint density at radius 2 is 1.96 bits per heavy atom. The van der Waals surface area contributed by atoms with Crippen LogP contribution in [0.4, 0.5) is 13.2 Å². The van der Waals surface area contributed by atoms with E-state index in [1.165, 1.54) is 18.6 Å². The fraction of sp³-hybridized carbons (Fsp3) is 0.562. The molecule has 2 N–H and O–H groups in total. The van der Waals surface area contributed by atoms with Gasteiger partial charge in [0.2, 0.25) is 0 Å². The Hall–Kier alpha value is -1.76. The van der Waals surface area contributed by atoms with E-state index in [4.69, 9.17) is 0 Å². The van der Waals surface area contributed by atoms with Gasteiger partial charge in [-0.15, -0.1) is 0 Å². The molecule has 2 rings (SSSR count). The minimum atomic E-state index is -4.29. The van der Waals surface area contributed by atoms with Gasteiger partial charge in [0.25, 0.3) is 0 Å². The molecular weight excluding hydrogens is 305 g/mol. The predicted octanol–water partition coefficient (Wildman–Crippen LogP) is 2.32. The minimum Gasteiger partial charge on any atom is -0.356 e. The van der Waals surface area contributed by atoms with Crippen LogP contribution < -0.4 is 10.6 Å². The lowest BCUT2D eigenvalue weighted by atomic mass is 10.1.